The second-order valence-corrected chi connectivity index (χ2v) is 9.17. The number of ether oxygens (including phenoxy) is 1. The topological polar surface area (TPSA) is 73.2 Å². The minimum atomic E-state index is -0.312. The van der Waals surface area contributed by atoms with E-state index in [1.54, 1.807) is 24.3 Å². The quantitative estimate of drug-likeness (QED) is 0.315. The Balaban J connectivity index is 1.33. The van der Waals surface area contributed by atoms with Gasteiger partial charge in [0.05, 0.1) is 11.7 Å². The largest absolute Gasteiger partial charge is 0.457 e. The fourth-order valence-corrected chi connectivity index (χ4v) is 4.88. The number of hydrogen-bond acceptors (Lipinski definition) is 5. The van der Waals surface area contributed by atoms with Crippen LogP contribution in [0.25, 0.3) is 21.3 Å². The number of aromatic nitrogens is 2. The van der Waals surface area contributed by atoms with Gasteiger partial charge < -0.3 is 10.1 Å². The number of thiophene rings is 1. The highest BCUT2D eigenvalue weighted by Gasteiger charge is 2.16. The summed E-state index contributed by atoms with van der Waals surface area (Å²) in [7, 11) is 0. The summed E-state index contributed by atoms with van der Waals surface area (Å²) >= 11 is 1.43. The third-order valence-electron chi connectivity index (χ3n) is 5.66. The summed E-state index contributed by atoms with van der Waals surface area (Å²) in [6, 6.07) is 22.7. The van der Waals surface area contributed by atoms with E-state index in [9.17, 15) is 9.59 Å². The number of fused-ring (bicyclic) bond motifs is 1. The van der Waals surface area contributed by atoms with Crippen LogP contribution < -0.4 is 15.6 Å². The van der Waals surface area contributed by atoms with Gasteiger partial charge >= 0.3 is 0 Å². The first-order valence-corrected chi connectivity index (χ1v) is 12.0. The molecule has 0 radical (unpaired) electrons. The van der Waals surface area contributed by atoms with Gasteiger partial charge in [0, 0.05) is 16.6 Å². The molecule has 0 aliphatic rings. The molecule has 2 aromatic heterocycles. The lowest BCUT2D eigenvalue weighted by Crippen LogP contribution is -2.27. The molecule has 5 aromatic rings. The molecule has 0 aliphatic heterocycles. The minimum Gasteiger partial charge on any atom is -0.457 e. The summed E-state index contributed by atoms with van der Waals surface area (Å²) in [5.41, 5.74) is 4.50. The third kappa shape index (κ3) is 4.85. The van der Waals surface area contributed by atoms with Crippen molar-refractivity contribution in [2.24, 2.45) is 0 Å². The van der Waals surface area contributed by atoms with E-state index in [1.807, 2.05) is 61.7 Å². The number of carbonyl (C=O) groups is 1. The number of nitrogens with zero attached hydrogens (tertiary/aromatic N) is 2. The highest BCUT2D eigenvalue weighted by Crippen LogP contribution is 2.33. The van der Waals surface area contributed by atoms with Crippen LogP contribution in [0, 0.1) is 13.8 Å². The molecule has 2 heterocycles. The van der Waals surface area contributed by atoms with Gasteiger partial charge in [-0.25, -0.2) is 4.98 Å². The molecule has 0 atom stereocenters. The lowest BCUT2D eigenvalue weighted by atomic mass is 9.99. The molecule has 0 aliphatic carbocycles. The van der Waals surface area contributed by atoms with Crippen LogP contribution >= 0.6 is 11.3 Å². The van der Waals surface area contributed by atoms with Gasteiger partial charge in [-0.2, -0.15) is 0 Å². The highest BCUT2D eigenvalue weighted by atomic mass is 32.1. The summed E-state index contributed by atoms with van der Waals surface area (Å²) in [5, 5.41) is 5.33. The normalized spacial score (nSPS) is 10.9. The lowest BCUT2D eigenvalue weighted by molar-refractivity contribution is -0.116. The van der Waals surface area contributed by atoms with Gasteiger partial charge in [-0.05, 0) is 61.4 Å². The van der Waals surface area contributed by atoms with Crippen molar-refractivity contribution >= 4 is 33.1 Å². The van der Waals surface area contributed by atoms with Gasteiger partial charge in [0.15, 0.2) is 0 Å². The summed E-state index contributed by atoms with van der Waals surface area (Å²) in [4.78, 5) is 31.1. The number of para-hydroxylation sites is 1. The van der Waals surface area contributed by atoms with Crippen molar-refractivity contribution in [1.82, 2.24) is 9.55 Å². The van der Waals surface area contributed by atoms with Crippen LogP contribution in [0.3, 0.4) is 0 Å². The number of anilines is 1. The molecule has 174 valence electrons. The predicted molar refractivity (Wildman–Crippen MR) is 140 cm³/mol. The molecular formula is C28H23N3O3S. The number of rotatable bonds is 6. The van der Waals surface area contributed by atoms with E-state index in [0.717, 1.165) is 28.0 Å². The molecule has 35 heavy (non-hydrogen) atoms. The number of carbonyl (C=O) groups excluding carboxylic acids is 1. The maximum Gasteiger partial charge on any atom is 0.263 e. The number of nitrogens with one attached hydrogen (secondary N) is 1. The van der Waals surface area contributed by atoms with Gasteiger partial charge in [-0.3, -0.25) is 14.2 Å². The van der Waals surface area contributed by atoms with Crippen molar-refractivity contribution in [3.63, 3.8) is 0 Å². The van der Waals surface area contributed by atoms with E-state index in [-0.39, 0.29) is 18.0 Å². The zero-order valence-electron chi connectivity index (χ0n) is 19.3. The van der Waals surface area contributed by atoms with Crippen LogP contribution in [-0.4, -0.2) is 15.5 Å². The van der Waals surface area contributed by atoms with Crippen molar-refractivity contribution in [2.45, 2.75) is 20.4 Å². The molecule has 0 unspecified atom stereocenters. The first-order valence-electron chi connectivity index (χ1n) is 11.1. The molecule has 0 bridgehead atoms. The Morgan fingerprint density at radius 2 is 1.71 bits per heavy atom. The van der Waals surface area contributed by atoms with E-state index >= 15 is 0 Å². The lowest BCUT2D eigenvalue weighted by Gasteiger charge is -2.10. The zero-order valence-corrected chi connectivity index (χ0v) is 20.1. The molecule has 1 N–H and O–H groups in total. The Morgan fingerprint density at radius 3 is 2.46 bits per heavy atom. The van der Waals surface area contributed by atoms with Gasteiger partial charge in [0.2, 0.25) is 5.91 Å². The maximum atomic E-state index is 13.3. The Labute approximate surface area is 206 Å². The number of aryl methyl sites for hydroxylation is 2. The van der Waals surface area contributed by atoms with Crippen LogP contribution in [0.2, 0.25) is 0 Å². The van der Waals surface area contributed by atoms with Gasteiger partial charge in [-0.1, -0.05) is 42.0 Å². The second kappa shape index (κ2) is 9.56. The van der Waals surface area contributed by atoms with Crippen LogP contribution in [0.15, 0.2) is 89.3 Å². The predicted octanol–water partition coefficient (Wildman–Crippen LogP) is 6.17. The van der Waals surface area contributed by atoms with Crippen LogP contribution in [-0.2, 0) is 11.3 Å². The Bertz CT molecular complexity index is 1570. The van der Waals surface area contributed by atoms with Gasteiger partial charge in [0.1, 0.15) is 22.9 Å². The Hall–Kier alpha value is -4.23. The number of amides is 1. The maximum absolute atomic E-state index is 13.3. The highest BCUT2D eigenvalue weighted by molar-refractivity contribution is 7.17. The third-order valence-corrected chi connectivity index (χ3v) is 6.55. The number of hydrogen-bond donors (Lipinski definition) is 1. The van der Waals surface area contributed by atoms with E-state index in [0.29, 0.717) is 21.7 Å². The SMILES string of the molecule is Cc1ccc(-c2csc3ncn(CC(=O)Nc4ccc(Oc5ccccc5)cc4)c(=O)c23)c(C)c1. The number of benzene rings is 3. The zero-order chi connectivity index (χ0) is 24.4. The minimum absolute atomic E-state index is 0.133. The van der Waals surface area contributed by atoms with Crippen LogP contribution in [0.1, 0.15) is 11.1 Å². The molecule has 0 spiro atoms. The fourth-order valence-electron chi connectivity index (χ4n) is 3.98. The van der Waals surface area contributed by atoms with E-state index in [4.69, 9.17) is 4.74 Å². The first kappa shape index (κ1) is 22.6. The standard InChI is InChI=1S/C28H23N3O3S/c1-18-8-13-23(19(2)14-18)24-16-35-27-26(24)28(33)31(17-29-27)15-25(32)30-20-9-11-22(12-10-20)34-21-6-4-3-5-7-21/h3-14,16-17H,15H2,1-2H3,(H,30,32). The summed E-state index contributed by atoms with van der Waals surface area (Å²) in [6.07, 6.45) is 1.43. The van der Waals surface area contributed by atoms with Crippen LogP contribution in [0.4, 0.5) is 5.69 Å². The summed E-state index contributed by atoms with van der Waals surface area (Å²) < 4.78 is 7.13. The average molecular weight is 482 g/mol. The van der Waals surface area contributed by atoms with Crippen molar-refractivity contribution in [3.05, 3.63) is 106 Å². The summed E-state index contributed by atoms with van der Waals surface area (Å²) in [5.74, 6) is 1.09. The van der Waals surface area contributed by atoms with Crippen LogP contribution in [0.5, 0.6) is 11.5 Å². The monoisotopic (exact) mass is 481 g/mol. The molecule has 5 rings (SSSR count). The smallest absolute Gasteiger partial charge is 0.263 e. The molecule has 0 saturated carbocycles. The second-order valence-electron chi connectivity index (χ2n) is 8.31. The first-order chi connectivity index (χ1) is 17.0. The van der Waals surface area contributed by atoms with Crippen molar-refractivity contribution in [2.75, 3.05) is 5.32 Å². The molecular weight excluding hydrogens is 458 g/mol. The fraction of sp³-hybridized carbons (Fsp3) is 0.107. The average Bonchev–Trinajstić information content (AvgIpc) is 3.27. The Morgan fingerprint density at radius 1 is 0.971 bits per heavy atom. The van der Waals surface area contributed by atoms with E-state index in [1.165, 1.54) is 22.2 Å². The van der Waals surface area contributed by atoms with Gasteiger partial charge in [0.25, 0.3) is 5.56 Å². The van der Waals surface area contributed by atoms with Crippen molar-refractivity contribution in [3.8, 4) is 22.6 Å². The molecule has 7 heteroatoms. The molecule has 6 nitrogen and oxygen atoms in total. The molecule has 0 saturated heterocycles. The van der Waals surface area contributed by atoms with Gasteiger partial charge in [-0.15, -0.1) is 11.3 Å². The summed E-state index contributed by atoms with van der Waals surface area (Å²) in [6.45, 7) is 3.94. The van der Waals surface area contributed by atoms with Crippen molar-refractivity contribution < 1.29 is 9.53 Å². The Kier molecular flexibility index (Phi) is 6.16. The van der Waals surface area contributed by atoms with E-state index in [2.05, 4.69) is 16.4 Å². The molecule has 0 fully saturated rings. The van der Waals surface area contributed by atoms with E-state index < -0.39 is 0 Å². The van der Waals surface area contributed by atoms with Crippen molar-refractivity contribution in [1.29, 1.82) is 0 Å². The molecule has 3 aromatic carbocycles. The molecule has 1 amide bonds.